The molecule has 118 valence electrons. The summed E-state index contributed by atoms with van der Waals surface area (Å²) in [7, 11) is -0.450. The average Bonchev–Trinajstić information content (AvgIpc) is 2.65. The van der Waals surface area contributed by atoms with Crippen molar-refractivity contribution in [1.82, 2.24) is 0 Å². The molecule has 2 aliphatic rings. The molecule has 0 unspecified atom stereocenters. The Morgan fingerprint density at radius 2 is 1.86 bits per heavy atom. The van der Waals surface area contributed by atoms with Crippen LogP contribution in [0.15, 0.2) is 18.2 Å². The lowest BCUT2D eigenvalue weighted by atomic mass is 9.73. The summed E-state index contributed by atoms with van der Waals surface area (Å²) in [5.41, 5.74) is 1.92. The van der Waals surface area contributed by atoms with Gasteiger partial charge in [0, 0.05) is 12.2 Å². The molecular weight excluding hydrogens is 281 g/mol. The normalized spacial score (nSPS) is 22.5. The van der Waals surface area contributed by atoms with Gasteiger partial charge in [-0.1, -0.05) is 12.1 Å². The van der Waals surface area contributed by atoms with Crippen molar-refractivity contribution in [3.05, 3.63) is 23.8 Å². The monoisotopic (exact) mass is 303 g/mol. The molecule has 22 heavy (non-hydrogen) atoms. The van der Waals surface area contributed by atoms with Gasteiger partial charge >= 0.3 is 13.2 Å². The van der Waals surface area contributed by atoms with E-state index in [0.717, 1.165) is 29.6 Å². The van der Waals surface area contributed by atoms with Gasteiger partial charge in [-0.05, 0) is 57.6 Å². The van der Waals surface area contributed by atoms with Gasteiger partial charge in [0.2, 0.25) is 0 Å². The molecule has 1 aromatic carbocycles. The highest BCUT2D eigenvalue weighted by molar-refractivity contribution is 6.62. The molecule has 5 nitrogen and oxygen atoms in total. The maximum Gasteiger partial charge on any atom is 0.495 e. The summed E-state index contributed by atoms with van der Waals surface area (Å²) >= 11 is 0. The highest BCUT2D eigenvalue weighted by Gasteiger charge is 2.52. The van der Waals surface area contributed by atoms with Gasteiger partial charge in [0.05, 0.1) is 11.2 Å². The van der Waals surface area contributed by atoms with Gasteiger partial charge in [0.25, 0.3) is 0 Å². The first-order valence-corrected chi connectivity index (χ1v) is 7.71. The number of hydrogen-bond acceptors (Lipinski definition) is 3. The highest BCUT2D eigenvalue weighted by Crippen LogP contribution is 2.37. The number of carbonyl (C=O) groups is 1. The van der Waals surface area contributed by atoms with E-state index >= 15 is 0 Å². The lowest BCUT2D eigenvalue weighted by Crippen LogP contribution is -2.41. The molecule has 1 amide bonds. The van der Waals surface area contributed by atoms with Crippen LogP contribution in [-0.2, 0) is 15.7 Å². The Balaban J connectivity index is 2.01. The van der Waals surface area contributed by atoms with Crippen LogP contribution in [0.2, 0.25) is 0 Å². The minimum Gasteiger partial charge on any atom is -0.465 e. The van der Waals surface area contributed by atoms with Crippen molar-refractivity contribution in [1.29, 1.82) is 0 Å². The van der Waals surface area contributed by atoms with Crippen molar-refractivity contribution in [2.75, 3.05) is 11.4 Å². The summed E-state index contributed by atoms with van der Waals surface area (Å²) in [4.78, 5) is 12.8. The zero-order valence-corrected chi connectivity index (χ0v) is 13.5. The van der Waals surface area contributed by atoms with E-state index in [2.05, 4.69) is 0 Å². The quantitative estimate of drug-likeness (QED) is 0.809. The van der Waals surface area contributed by atoms with Crippen LogP contribution >= 0.6 is 0 Å². The van der Waals surface area contributed by atoms with E-state index in [0.29, 0.717) is 6.54 Å². The summed E-state index contributed by atoms with van der Waals surface area (Å²) in [6, 6.07) is 5.71. The van der Waals surface area contributed by atoms with Crippen molar-refractivity contribution < 1.29 is 19.2 Å². The fourth-order valence-electron chi connectivity index (χ4n) is 3.04. The summed E-state index contributed by atoms with van der Waals surface area (Å²) in [5.74, 6) is 0. The summed E-state index contributed by atoms with van der Waals surface area (Å²) in [6.45, 7) is 8.62. The summed E-state index contributed by atoms with van der Waals surface area (Å²) < 4.78 is 12.2. The maximum absolute atomic E-state index is 11.4. The van der Waals surface area contributed by atoms with E-state index in [4.69, 9.17) is 9.31 Å². The van der Waals surface area contributed by atoms with Crippen molar-refractivity contribution in [2.24, 2.45) is 0 Å². The van der Waals surface area contributed by atoms with E-state index in [1.54, 1.807) is 0 Å². The molecule has 0 bridgehead atoms. The third-order valence-electron chi connectivity index (χ3n) is 5.02. The number of anilines is 1. The number of carboxylic acid groups (broad SMARTS) is 1. The van der Waals surface area contributed by atoms with Crippen LogP contribution in [0.1, 0.15) is 39.7 Å². The Morgan fingerprint density at radius 1 is 1.23 bits per heavy atom. The molecule has 1 fully saturated rings. The zero-order valence-electron chi connectivity index (χ0n) is 13.5. The van der Waals surface area contributed by atoms with E-state index in [1.807, 2.05) is 45.9 Å². The van der Waals surface area contributed by atoms with Crippen LogP contribution in [0.4, 0.5) is 10.5 Å². The molecule has 1 saturated heterocycles. The Morgan fingerprint density at radius 3 is 2.45 bits per heavy atom. The summed E-state index contributed by atoms with van der Waals surface area (Å²) in [6.07, 6.45) is 0.752. The van der Waals surface area contributed by atoms with Crippen LogP contribution in [0, 0.1) is 0 Å². The second-order valence-corrected chi connectivity index (χ2v) is 6.97. The first-order chi connectivity index (χ1) is 10.2. The topological polar surface area (TPSA) is 59.0 Å². The van der Waals surface area contributed by atoms with Crippen LogP contribution in [0.25, 0.3) is 0 Å². The van der Waals surface area contributed by atoms with Crippen molar-refractivity contribution >= 4 is 24.4 Å². The van der Waals surface area contributed by atoms with E-state index < -0.39 is 24.4 Å². The minimum absolute atomic E-state index is 0.401. The molecule has 2 aliphatic heterocycles. The predicted molar refractivity (Wildman–Crippen MR) is 85.8 cm³/mol. The van der Waals surface area contributed by atoms with Crippen LogP contribution in [0.3, 0.4) is 0 Å². The largest absolute Gasteiger partial charge is 0.495 e. The molecule has 0 aromatic heterocycles. The molecule has 1 N–H and O–H groups in total. The van der Waals surface area contributed by atoms with Gasteiger partial charge in [0.15, 0.2) is 0 Å². The molecule has 0 aliphatic carbocycles. The SMILES string of the molecule is CC1(C)OB(c2cccc3c2CCCN3C(=O)O)OC1(C)C. The lowest BCUT2D eigenvalue weighted by Gasteiger charge is -2.32. The average molecular weight is 303 g/mol. The van der Waals surface area contributed by atoms with Crippen LogP contribution in [-0.4, -0.2) is 36.1 Å². The fourth-order valence-corrected chi connectivity index (χ4v) is 3.04. The lowest BCUT2D eigenvalue weighted by molar-refractivity contribution is 0.00578. The molecule has 0 atom stereocenters. The van der Waals surface area contributed by atoms with E-state index in [1.165, 1.54) is 4.90 Å². The van der Waals surface area contributed by atoms with Gasteiger partial charge in [0.1, 0.15) is 0 Å². The predicted octanol–water partition coefficient (Wildman–Crippen LogP) is 2.42. The Labute approximate surface area is 131 Å². The summed E-state index contributed by atoms with van der Waals surface area (Å²) in [5, 5.41) is 9.37. The Kier molecular flexibility index (Phi) is 3.49. The number of amides is 1. The zero-order chi connectivity index (χ0) is 16.1. The number of benzene rings is 1. The standard InChI is InChI=1S/C16H22BNO4/c1-15(2)16(3,4)22-17(21-15)12-8-5-9-13-11(12)7-6-10-18(13)14(19)20/h5,8-9H,6-7,10H2,1-4H3,(H,19,20). The van der Waals surface area contributed by atoms with Gasteiger partial charge in [-0.25, -0.2) is 4.79 Å². The van der Waals surface area contributed by atoms with Crippen LogP contribution < -0.4 is 10.4 Å². The molecule has 0 saturated carbocycles. The van der Waals surface area contributed by atoms with Crippen molar-refractivity contribution in [2.45, 2.75) is 51.7 Å². The van der Waals surface area contributed by atoms with Gasteiger partial charge in [-0.2, -0.15) is 0 Å². The van der Waals surface area contributed by atoms with Crippen molar-refractivity contribution in [3.63, 3.8) is 0 Å². The molecule has 0 spiro atoms. The second-order valence-electron chi connectivity index (χ2n) is 6.97. The third kappa shape index (κ3) is 2.30. The number of rotatable bonds is 1. The van der Waals surface area contributed by atoms with Gasteiger partial charge < -0.3 is 14.4 Å². The second kappa shape index (κ2) is 5.00. The number of hydrogen-bond donors (Lipinski definition) is 1. The molecule has 6 heteroatoms. The van der Waals surface area contributed by atoms with Crippen molar-refractivity contribution in [3.8, 4) is 0 Å². The fraction of sp³-hybridized carbons (Fsp3) is 0.562. The molecule has 0 radical (unpaired) electrons. The van der Waals surface area contributed by atoms with E-state index in [-0.39, 0.29) is 0 Å². The minimum atomic E-state index is -0.910. The van der Waals surface area contributed by atoms with Gasteiger partial charge in [-0.15, -0.1) is 0 Å². The van der Waals surface area contributed by atoms with Crippen LogP contribution in [0.5, 0.6) is 0 Å². The molecule has 1 aromatic rings. The third-order valence-corrected chi connectivity index (χ3v) is 5.02. The number of nitrogens with zero attached hydrogens (tertiary/aromatic N) is 1. The Bertz CT molecular complexity index is 598. The van der Waals surface area contributed by atoms with E-state index in [9.17, 15) is 9.90 Å². The number of fused-ring (bicyclic) bond motifs is 1. The first-order valence-electron chi connectivity index (χ1n) is 7.71. The molecule has 3 rings (SSSR count). The maximum atomic E-state index is 11.4. The Hall–Kier alpha value is -1.53. The smallest absolute Gasteiger partial charge is 0.465 e. The van der Waals surface area contributed by atoms with Gasteiger partial charge in [-0.3, -0.25) is 4.90 Å². The molecular formula is C16H22BNO4. The first kappa shape index (κ1) is 15.4. The molecule has 2 heterocycles. The highest BCUT2D eigenvalue weighted by atomic mass is 16.7.